The second-order valence-electron chi connectivity index (χ2n) is 7.88. The Kier molecular flexibility index (Phi) is 5.48. The van der Waals surface area contributed by atoms with Crippen LogP contribution >= 0.6 is 0 Å². The summed E-state index contributed by atoms with van der Waals surface area (Å²) >= 11 is 0. The van der Waals surface area contributed by atoms with Crippen molar-refractivity contribution >= 4 is 11.8 Å². The van der Waals surface area contributed by atoms with Gasteiger partial charge in [0, 0.05) is 0 Å². The summed E-state index contributed by atoms with van der Waals surface area (Å²) in [5, 5.41) is 0. The molecular weight excluding hydrogens is 386 g/mol. The Labute approximate surface area is 166 Å². The Morgan fingerprint density at radius 1 is 1.00 bits per heavy atom. The van der Waals surface area contributed by atoms with Gasteiger partial charge >= 0.3 is 6.09 Å². The molecule has 0 spiro atoms. The lowest BCUT2D eigenvalue weighted by Crippen LogP contribution is -2.42. The second kappa shape index (κ2) is 8.05. The number of nitrogens with zero attached hydrogens (tertiary/aromatic N) is 1. The highest BCUT2D eigenvalue weighted by Gasteiger charge is 2.38. The molecule has 3 fully saturated rings. The molecule has 7 heteroatoms. The van der Waals surface area contributed by atoms with Gasteiger partial charge in [-0.2, -0.15) is 0 Å². The maximum atomic E-state index is 13.7. The SMILES string of the molecule is O=C(OC1CC2CCC1CC2)N(Cc1cc(F)c(F)c(F)c1)c1cccc(F)c1. The molecule has 1 atom stereocenters. The molecule has 0 heterocycles. The molecule has 3 aliphatic carbocycles. The molecular formula is C22H21F4NO2. The molecule has 154 valence electrons. The van der Waals surface area contributed by atoms with Gasteiger partial charge in [-0.05, 0) is 79.8 Å². The fourth-order valence-corrected chi connectivity index (χ4v) is 4.44. The van der Waals surface area contributed by atoms with E-state index in [1.54, 1.807) is 0 Å². The van der Waals surface area contributed by atoms with E-state index in [4.69, 9.17) is 4.74 Å². The number of amides is 1. The van der Waals surface area contributed by atoms with Gasteiger partial charge in [-0.15, -0.1) is 0 Å². The first-order valence-corrected chi connectivity index (χ1v) is 9.78. The molecule has 0 saturated heterocycles. The van der Waals surface area contributed by atoms with Gasteiger partial charge in [0.15, 0.2) is 17.5 Å². The van der Waals surface area contributed by atoms with Crippen molar-refractivity contribution in [3.63, 3.8) is 0 Å². The zero-order valence-corrected chi connectivity index (χ0v) is 15.7. The van der Waals surface area contributed by atoms with Crippen molar-refractivity contribution < 1.29 is 27.1 Å². The van der Waals surface area contributed by atoms with Crippen molar-refractivity contribution in [3.05, 3.63) is 65.2 Å². The van der Waals surface area contributed by atoms with Gasteiger partial charge in [-0.3, -0.25) is 4.90 Å². The van der Waals surface area contributed by atoms with E-state index in [-0.39, 0.29) is 23.9 Å². The van der Waals surface area contributed by atoms with Gasteiger partial charge in [-0.1, -0.05) is 6.07 Å². The van der Waals surface area contributed by atoms with Crippen LogP contribution in [0.25, 0.3) is 0 Å². The molecule has 3 aliphatic rings. The third-order valence-corrected chi connectivity index (χ3v) is 5.96. The van der Waals surface area contributed by atoms with Crippen LogP contribution in [-0.2, 0) is 11.3 Å². The largest absolute Gasteiger partial charge is 0.446 e. The Morgan fingerprint density at radius 2 is 1.69 bits per heavy atom. The molecule has 0 aliphatic heterocycles. The maximum absolute atomic E-state index is 13.7. The standard InChI is InChI=1S/C22H21F4NO2/c23-16-2-1-3-17(11-16)27(12-14-8-18(24)21(26)19(25)9-14)22(28)29-20-10-13-4-6-15(20)7-5-13/h1-3,8-9,11,13,15,20H,4-7,10,12H2. The van der Waals surface area contributed by atoms with Crippen molar-refractivity contribution in [3.8, 4) is 0 Å². The highest BCUT2D eigenvalue weighted by atomic mass is 19.2. The number of benzene rings is 2. The third-order valence-electron chi connectivity index (χ3n) is 5.96. The monoisotopic (exact) mass is 407 g/mol. The van der Waals surface area contributed by atoms with E-state index < -0.39 is 29.4 Å². The summed E-state index contributed by atoms with van der Waals surface area (Å²) in [5.41, 5.74) is 0.230. The zero-order valence-electron chi connectivity index (χ0n) is 15.7. The van der Waals surface area contributed by atoms with Gasteiger partial charge < -0.3 is 4.74 Å². The van der Waals surface area contributed by atoms with Crippen LogP contribution in [0.2, 0.25) is 0 Å². The van der Waals surface area contributed by atoms with Gasteiger partial charge in [0.05, 0.1) is 12.2 Å². The summed E-state index contributed by atoms with van der Waals surface area (Å²) in [6.45, 7) is -0.281. The van der Waals surface area contributed by atoms with Gasteiger partial charge in [0.25, 0.3) is 0 Å². The van der Waals surface area contributed by atoms with E-state index in [0.717, 1.165) is 55.2 Å². The van der Waals surface area contributed by atoms with E-state index in [0.29, 0.717) is 11.8 Å². The number of fused-ring (bicyclic) bond motifs is 3. The molecule has 3 nitrogen and oxygen atoms in total. The van der Waals surface area contributed by atoms with Crippen LogP contribution in [0.4, 0.5) is 28.0 Å². The van der Waals surface area contributed by atoms with Crippen LogP contribution in [0.1, 0.15) is 37.7 Å². The number of ether oxygens (including phenoxy) is 1. The molecule has 29 heavy (non-hydrogen) atoms. The Morgan fingerprint density at radius 3 is 2.28 bits per heavy atom. The molecule has 2 bridgehead atoms. The van der Waals surface area contributed by atoms with Gasteiger partial charge in [0.2, 0.25) is 0 Å². The summed E-state index contributed by atoms with van der Waals surface area (Å²) < 4.78 is 60.0. The first-order chi connectivity index (χ1) is 13.9. The number of rotatable bonds is 4. The molecule has 1 amide bonds. The number of carbonyl (C=O) groups excluding carboxylic acids is 1. The Hall–Kier alpha value is -2.57. The number of anilines is 1. The van der Waals surface area contributed by atoms with Gasteiger partial charge in [0.1, 0.15) is 11.9 Å². The minimum absolute atomic E-state index is 0.0350. The molecule has 2 aromatic carbocycles. The predicted octanol–water partition coefficient (Wildman–Crippen LogP) is 5.96. The summed E-state index contributed by atoms with van der Waals surface area (Å²) in [5.74, 6) is -3.99. The van der Waals surface area contributed by atoms with E-state index in [9.17, 15) is 22.4 Å². The normalized spacial score (nSPS) is 23.1. The van der Waals surface area contributed by atoms with Crippen molar-refractivity contribution in [2.45, 2.75) is 44.8 Å². The lowest BCUT2D eigenvalue weighted by Gasteiger charge is -2.42. The summed E-state index contributed by atoms with van der Waals surface area (Å²) in [4.78, 5) is 14.1. The number of hydrogen-bond acceptors (Lipinski definition) is 2. The first kappa shape index (κ1) is 19.7. The average molecular weight is 407 g/mol. The molecule has 0 radical (unpaired) electrons. The zero-order chi connectivity index (χ0) is 20.5. The highest BCUT2D eigenvalue weighted by molar-refractivity contribution is 5.87. The molecule has 1 unspecified atom stereocenters. The minimum Gasteiger partial charge on any atom is -0.446 e. The summed E-state index contributed by atoms with van der Waals surface area (Å²) in [7, 11) is 0. The van der Waals surface area contributed by atoms with Crippen molar-refractivity contribution in [2.75, 3.05) is 4.90 Å². The van der Waals surface area contributed by atoms with E-state index in [2.05, 4.69) is 0 Å². The molecule has 2 aromatic rings. The Balaban J connectivity index is 1.59. The third kappa shape index (κ3) is 4.23. The van der Waals surface area contributed by atoms with Crippen LogP contribution in [-0.4, -0.2) is 12.2 Å². The number of halogens is 4. The lowest BCUT2D eigenvalue weighted by molar-refractivity contribution is -0.0101. The molecule has 3 saturated carbocycles. The first-order valence-electron chi connectivity index (χ1n) is 9.78. The molecule has 0 aromatic heterocycles. The fraction of sp³-hybridized carbons (Fsp3) is 0.409. The fourth-order valence-electron chi connectivity index (χ4n) is 4.44. The van der Waals surface area contributed by atoms with Crippen LogP contribution in [0.3, 0.4) is 0 Å². The minimum atomic E-state index is -1.58. The van der Waals surface area contributed by atoms with Gasteiger partial charge in [-0.25, -0.2) is 22.4 Å². The van der Waals surface area contributed by atoms with Crippen LogP contribution < -0.4 is 4.90 Å². The van der Waals surface area contributed by atoms with E-state index >= 15 is 0 Å². The van der Waals surface area contributed by atoms with E-state index in [1.807, 2.05) is 0 Å². The molecule has 5 rings (SSSR count). The van der Waals surface area contributed by atoms with E-state index in [1.165, 1.54) is 18.2 Å². The number of carbonyl (C=O) groups is 1. The van der Waals surface area contributed by atoms with Crippen LogP contribution in [0.5, 0.6) is 0 Å². The number of hydrogen-bond donors (Lipinski definition) is 0. The lowest BCUT2D eigenvalue weighted by atomic mass is 9.69. The topological polar surface area (TPSA) is 29.5 Å². The average Bonchev–Trinajstić information content (AvgIpc) is 2.71. The smallest absolute Gasteiger partial charge is 0.414 e. The Bertz CT molecular complexity index is 888. The highest BCUT2D eigenvalue weighted by Crippen LogP contribution is 2.43. The predicted molar refractivity (Wildman–Crippen MR) is 99.2 cm³/mol. The van der Waals surface area contributed by atoms with Crippen molar-refractivity contribution in [2.24, 2.45) is 11.8 Å². The summed E-state index contributed by atoms with van der Waals surface area (Å²) in [6.07, 6.45) is 4.17. The quantitative estimate of drug-likeness (QED) is 0.462. The maximum Gasteiger partial charge on any atom is 0.414 e. The second-order valence-corrected chi connectivity index (χ2v) is 7.88. The molecule has 0 N–H and O–H groups in total. The summed E-state index contributed by atoms with van der Waals surface area (Å²) in [6, 6.07) is 6.95. The van der Waals surface area contributed by atoms with Crippen LogP contribution in [0.15, 0.2) is 36.4 Å². The van der Waals surface area contributed by atoms with Crippen molar-refractivity contribution in [1.82, 2.24) is 0 Å². The van der Waals surface area contributed by atoms with Crippen molar-refractivity contribution in [1.29, 1.82) is 0 Å². The van der Waals surface area contributed by atoms with Crippen LogP contribution in [0, 0.1) is 35.1 Å².